The summed E-state index contributed by atoms with van der Waals surface area (Å²) in [5, 5.41) is 4.41. The van der Waals surface area contributed by atoms with E-state index in [9.17, 15) is 4.39 Å². The van der Waals surface area contributed by atoms with Gasteiger partial charge in [0.15, 0.2) is 11.6 Å². The minimum absolute atomic E-state index is 0.287. The van der Waals surface area contributed by atoms with Crippen molar-refractivity contribution < 1.29 is 9.13 Å². The number of rotatable bonds is 5. The molecule has 3 aromatic rings. The van der Waals surface area contributed by atoms with Crippen molar-refractivity contribution in [1.82, 2.24) is 4.98 Å². The van der Waals surface area contributed by atoms with Gasteiger partial charge in [-0.25, -0.2) is 4.39 Å². The van der Waals surface area contributed by atoms with Crippen LogP contribution in [-0.2, 0) is 6.54 Å². The number of aromatic amines is 1. The van der Waals surface area contributed by atoms with Crippen LogP contribution < -0.4 is 10.1 Å². The number of ether oxygens (including phenoxy) is 1. The maximum Gasteiger partial charge on any atom is 0.167 e. The lowest BCUT2D eigenvalue weighted by atomic mass is 10.1. The Hall–Kier alpha value is -2.49. The molecule has 4 heteroatoms. The fourth-order valence-corrected chi connectivity index (χ4v) is 2.38. The summed E-state index contributed by atoms with van der Waals surface area (Å²) in [6.07, 6.45) is 1.92. The van der Waals surface area contributed by atoms with Crippen molar-refractivity contribution in [2.24, 2.45) is 0 Å². The standard InChI is InChI=1S/C17H17FN2O/c1-2-21-16-7-6-14(10-15(16)18)20-11-13-5-3-4-12-8-9-19-17(12)13/h3-10,19-20H,2,11H2,1H3. The van der Waals surface area contributed by atoms with Crippen molar-refractivity contribution in [2.45, 2.75) is 13.5 Å². The number of fused-ring (bicyclic) bond motifs is 1. The Kier molecular flexibility index (Phi) is 3.77. The Labute approximate surface area is 122 Å². The molecule has 0 saturated heterocycles. The fraction of sp³-hybridized carbons (Fsp3) is 0.176. The number of anilines is 1. The number of aromatic nitrogens is 1. The second kappa shape index (κ2) is 5.87. The largest absolute Gasteiger partial charge is 0.491 e. The smallest absolute Gasteiger partial charge is 0.167 e. The van der Waals surface area contributed by atoms with Gasteiger partial charge in [0.1, 0.15) is 0 Å². The number of halogens is 1. The van der Waals surface area contributed by atoms with E-state index in [4.69, 9.17) is 4.74 Å². The van der Waals surface area contributed by atoms with Crippen molar-refractivity contribution in [2.75, 3.05) is 11.9 Å². The zero-order valence-corrected chi connectivity index (χ0v) is 11.8. The highest BCUT2D eigenvalue weighted by molar-refractivity contribution is 5.82. The van der Waals surface area contributed by atoms with Gasteiger partial charge in [-0.1, -0.05) is 18.2 Å². The predicted molar refractivity (Wildman–Crippen MR) is 83.2 cm³/mol. The number of H-pyrrole nitrogens is 1. The maximum absolute atomic E-state index is 13.8. The van der Waals surface area contributed by atoms with E-state index in [2.05, 4.69) is 22.4 Å². The van der Waals surface area contributed by atoms with Crippen LogP contribution in [0.4, 0.5) is 10.1 Å². The maximum atomic E-state index is 13.8. The van der Waals surface area contributed by atoms with Crippen LogP contribution in [0.2, 0.25) is 0 Å². The Morgan fingerprint density at radius 1 is 1.19 bits per heavy atom. The van der Waals surface area contributed by atoms with Crippen molar-refractivity contribution >= 4 is 16.6 Å². The summed E-state index contributed by atoms with van der Waals surface area (Å²) in [6.45, 7) is 2.92. The molecule has 2 aromatic carbocycles. The predicted octanol–water partition coefficient (Wildman–Crippen LogP) is 4.32. The van der Waals surface area contributed by atoms with Crippen molar-refractivity contribution in [1.29, 1.82) is 0 Å². The highest BCUT2D eigenvalue weighted by Crippen LogP contribution is 2.23. The second-order valence-electron chi connectivity index (χ2n) is 4.79. The number of benzene rings is 2. The lowest BCUT2D eigenvalue weighted by molar-refractivity contribution is 0.321. The first kappa shape index (κ1) is 13.5. The molecule has 0 atom stereocenters. The van der Waals surface area contributed by atoms with Crippen LogP contribution in [0.25, 0.3) is 10.9 Å². The van der Waals surface area contributed by atoms with Crippen LogP contribution in [0.15, 0.2) is 48.7 Å². The molecule has 0 aliphatic rings. The molecule has 0 bridgehead atoms. The van der Waals surface area contributed by atoms with E-state index in [0.29, 0.717) is 13.2 Å². The molecule has 3 rings (SSSR count). The lowest BCUT2D eigenvalue weighted by Gasteiger charge is -2.10. The third-order valence-corrected chi connectivity index (χ3v) is 3.39. The second-order valence-corrected chi connectivity index (χ2v) is 4.79. The molecule has 2 N–H and O–H groups in total. The lowest BCUT2D eigenvalue weighted by Crippen LogP contribution is -2.01. The Morgan fingerprint density at radius 2 is 2.10 bits per heavy atom. The summed E-state index contributed by atoms with van der Waals surface area (Å²) in [4.78, 5) is 3.23. The fourth-order valence-electron chi connectivity index (χ4n) is 2.38. The van der Waals surface area contributed by atoms with Crippen molar-refractivity contribution in [3.63, 3.8) is 0 Å². The van der Waals surface area contributed by atoms with E-state index in [1.54, 1.807) is 6.07 Å². The highest BCUT2D eigenvalue weighted by atomic mass is 19.1. The van der Waals surface area contributed by atoms with E-state index < -0.39 is 0 Å². The van der Waals surface area contributed by atoms with Gasteiger partial charge in [-0.3, -0.25) is 0 Å². The minimum Gasteiger partial charge on any atom is -0.491 e. The van der Waals surface area contributed by atoms with E-state index in [-0.39, 0.29) is 11.6 Å². The number of nitrogens with one attached hydrogen (secondary N) is 2. The topological polar surface area (TPSA) is 37.0 Å². The summed E-state index contributed by atoms with van der Waals surface area (Å²) in [5.41, 5.74) is 2.99. The summed E-state index contributed by atoms with van der Waals surface area (Å²) >= 11 is 0. The van der Waals surface area contributed by atoms with E-state index >= 15 is 0 Å². The zero-order valence-electron chi connectivity index (χ0n) is 11.8. The normalized spacial score (nSPS) is 10.8. The van der Waals surface area contributed by atoms with Crippen LogP contribution >= 0.6 is 0 Å². The summed E-state index contributed by atoms with van der Waals surface area (Å²) < 4.78 is 19.0. The Bertz CT molecular complexity index is 751. The molecule has 108 valence electrons. The van der Waals surface area contributed by atoms with Gasteiger partial charge in [0, 0.05) is 24.5 Å². The third kappa shape index (κ3) is 2.84. The van der Waals surface area contributed by atoms with Crippen LogP contribution in [-0.4, -0.2) is 11.6 Å². The highest BCUT2D eigenvalue weighted by Gasteiger charge is 2.05. The van der Waals surface area contributed by atoms with E-state index in [1.165, 1.54) is 11.5 Å². The average molecular weight is 284 g/mol. The number of para-hydroxylation sites is 1. The molecular weight excluding hydrogens is 267 g/mol. The molecule has 0 aliphatic carbocycles. The van der Waals surface area contributed by atoms with Gasteiger partial charge in [0.05, 0.1) is 12.1 Å². The van der Waals surface area contributed by atoms with Crippen molar-refractivity contribution in [3.8, 4) is 5.75 Å². The first-order valence-electron chi connectivity index (χ1n) is 6.99. The monoisotopic (exact) mass is 284 g/mol. The zero-order chi connectivity index (χ0) is 14.7. The van der Waals surface area contributed by atoms with E-state index in [0.717, 1.165) is 16.8 Å². The van der Waals surface area contributed by atoms with Crippen LogP contribution in [0, 0.1) is 5.82 Å². The molecule has 0 radical (unpaired) electrons. The quantitative estimate of drug-likeness (QED) is 0.732. The third-order valence-electron chi connectivity index (χ3n) is 3.39. The van der Waals surface area contributed by atoms with Crippen LogP contribution in [0.3, 0.4) is 0 Å². The van der Waals surface area contributed by atoms with E-state index in [1.807, 2.05) is 31.3 Å². The molecule has 0 aliphatic heterocycles. The molecule has 0 unspecified atom stereocenters. The van der Waals surface area contributed by atoms with Gasteiger partial charge in [0.2, 0.25) is 0 Å². The molecule has 0 fully saturated rings. The average Bonchev–Trinajstić information content (AvgIpc) is 2.97. The molecule has 21 heavy (non-hydrogen) atoms. The Morgan fingerprint density at radius 3 is 2.90 bits per heavy atom. The van der Waals surface area contributed by atoms with Gasteiger partial charge in [-0.05, 0) is 36.1 Å². The van der Waals surface area contributed by atoms with Crippen LogP contribution in [0.5, 0.6) is 5.75 Å². The summed E-state index contributed by atoms with van der Waals surface area (Å²) in [7, 11) is 0. The number of hydrogen-bond acceptors (Lipinski definition) is 2. The molecule has 1 aromatic heterocycles. The van der Waals surface area contributed by atoms with Gasteiger partial charge in [-0.15, -0.1) is 0 Å². The summed E-state index contributed by atoms with van der Waals surface area (Å²) in [5.74, 6) is -0.0607. The molecule has 3 nitrogen and oxygen atoms in total. The summed E-state index contributed by atoms with van der Waals surface area (Å²) in [6, 6.07) is 13.1. The van der Waals surface area contributed by atoms with Gasteiger partial charge >= 0.3 is 0 Å². The molecular formula is C17H17FN2O. The first-order valence-corrected chi connectivity index (χ1v) is 6.99. The molecule has 0 saturated carbocycles. The van der Waals surface area contributed by atoms with Crippen LogP contribution in [0.1, 0.15) is 12.5 Å². The van der Waals surface area contributed by atoms with Crippen molar-refractivity contribution in [3.05, 3.63) is 60.0 Å². The van der Waals surface area contributed by atoms with Gasteiger partial charge in [-0.2, -0.15) is 0 Å². The van der Waals surface area contributed by atoms with Gasteiger partial charge in [0.25, 0.3) is 0 Å². The molecule has 1 heterocycles. The minimum atomic E-state index is -0.347. The number of hydrogen-bond donors (Lipinski definition) is 2. The SMILES string of the molecule is CCOc1ccc(NCc2cccc3cc[nH]c23)cc1F. The Balaban J connectivity index is 1.75. The first-order chi connectivity index (χ1) is 10.3. The van der Waals surface area contributed by atoms with Gasteiger partial charge < -0.3 is 15.0 Å². The molecule has 0 amide bonds. The molecule has 0 spiro atoms.